The van der Waals surface area contributed by atoms with Crippen molar-refractivity contribution in [1.82, 2.24) is 10.3 Å². The Labute approximate surface area is 91.3 Å². The monoisotopic (exact) mass is 208 g/mol. The summed E-state index contributed by atoms with van der Waals surface area (Å²) in [5, 5.41) is 3.56. The SMILES string of the molecule is Cc1cnc(C(C)NC(C)C2(C)CC2)o1. The maximum Gasteiger partial charge on any atom is 0.211 e. The molecule has 0 amide bonds. The summed E-state index contributed by atoms with van der Waals surface area (Å²) in [7, 11) is 0. The van der Waals surface area contributed by atoms with Gasteiger partial charge in [-0.05, 0) is 39.0 Å². The summed E-state index contributed by atoms with van der Waals surface area (Å²) in [6, 6.07) is 0.728. The van der Waals surface area contributed by atoms with Crippen LogP contribution in [0, 0.1) is 12.3 Å². The molecule has 15 heavy (non-hydrogen) atoms. The van der Waals surface area contributed by atoms with E-state index in [9.17, 15) is 0 Å². The largest absolute Gasteiger partial charge is 0.444 e. The normalized spacial score (nSPS) is 22.4. The molecule has 2 atom stereocenters. The molecule has 1 aromatic heterocycles. The Morgan fingerprint density at radius 1 is 1.47 bits per heavy atom. The third-order valence-electron chi connectivity index (χ3n) is 3.59. The second-order valence-corrected chi connectivity index (χ2v) is 5.07. The Balaban J connectivity index is 1.94. The highest BCUT2D eigenvalue weighted by atomic mass is 16.4. The van der Waals surface area contributed by atoms with Gasteiger partial charge in [0.2, 0.25) is 5.89 Å². The van der Waals surface area contributed by atoms with Crippen molar-refractivity contribution < 1.29 is 4.42 Å². The maximum absolute atomic E-state index is 5.51. The van der Waals surface area contributed by atoms with Crippen LogP contribution in [0.4, 0.5) is 0 Å². The van der Waals surface area contributed by atoms with E-state index in [-0.39, 0.29) is 6.04 Å². The maximum atomic E-state index is 5.51. The van der Waals surface area contributed by atoms with E-state index in [1.54, 1.807) is 6.20 Å². The quantitative estimate of drug-likeness (QED) is 0.826. The molecule has 0 aliphatic heterocycles. The molecule has 0 saturated heterocycles. The van der Waals surface area contributed by atoms with Gasteiger partial charge in [0.15, 0.2) is 0 Å². The highest BCUT2D eigenvalue weighted by Gasteiger charge is 2.42. The van der Waals surface area contributed by atoms with Crippen LogP contribution in [0.5, 0.6) is 0 Å². The zero-order valence-corrected chi connectivity index (χ0v) is 10.0. The van der Waals surface area contributed by atoms with Crippen LogP contribution in [0.3, 0.4) is 0 Å². The van der Waals surface area contributed by atoms with Crippen molar-refractivity contribution in [2.75, 3.05) is 0 Å². The van der Waals surface area contributed by atoms with Crippen LogP contribution in [-0.4, -0.2) is 11.0 Å². The first-order valence-electron chi connectivity index (χ1n) is 5.70. The van der Waals surface area contributed by atoms with Gasteiger partial charge in [-0.1, -0.05) is 6.92 Å². The lowest BCUT2D eigenvalue weighted by atomic mass is 10.00. The van der Waals surface area contributed by atoms with Gasteiger partial charge in [0, 0.05) is 6.04 Å². The predicted octanol–water partition coefficient (Wildman–Crippen LogP) is 2.82. The summed E-state index contributed by atoms with van der Waals surface area (Å²) in [6.45, 7) is 8.61. The Morgan fingerprint density at radius 2 is 2.13 bits per heavy atom. The molecule has 0 bridgehead atoms. The molecule has 84 valence electrons. The molecule has 1 N–H and O–H groups in total. The third-order valence-corrected chi connectivity index (χ3v) is 3.59. The molecule has 1 aromatic rings. The summed E-state index contributed by atoms with van der Waals surface area (Å²) in [6.07, 6.45) is 4.44. The van der Waals surface area contributed by atoms with E-state index in [4.69, 9.17) is 4.42 Å². The molecular formula is C12H20N2O. The second-order valence-electron chi connectivity index (χ2n) is 5.07. The van der Waals surface area contributed by atoms with E-state index < -0.39 is 0 Å². The van der Waals surface area contributed by atoms with Crippen molar-refractivity contribution in [3.8, 4) is 0 Å². The van der Waals surface area contributed by atoms with Crippen molar-refractivity contribution in [2.24, 2.45) is 5.41 Å². The number of aromatic nitrogens is 1. The molecule has 1 aliphatic carbocycles. The van der Waals surface area contributed by atoms with Crippen LogP contribution in [0.2, 0.25) is 0 Å². The van der Waals surface area contributed by atoms with Gasteiger partial charge in [0.25, 0.3) is 0 Å². The van der Waals surface area contributed by atoms with Crippen LogP contribution >= 0.6 is 0 Å². The van der Waals surface area contributed by atoms with E-state index >= 15 is 0 Å². The molecule has 1 heterocycles. The van der Waals surface area contributed by atoms with Crippen molar-refractivity contribution in [2.45, 2.75) is 52.6 Å². The van der Waals surface area contributed by atoms with E-state index in [0.717, 1.165) is 11.7 Å². The predicted molar refractivity (Wildman–Crippen MR) is 59.6 cm³/mol. The van der Waals surface area contributed by atoms with Gasteiger partial charge in [-0.2, -0.15) is 0 Å². The molecule has 0 radical (unpaired) electrons. The minimum Gasteiger partial charge on any atom is -0.444 e. The number of rotatable bonds is 4. The second kappa shape index (κ2) is 3.63. The smallest absolute Gasteiger partial charge is 0.211 e. The fraction of sp³-hybridized carbons (Fsp3) is 0.750. The summed E-state index contributed by atoms with van der Waals surface area (Å²) in [5.41, 5.74) is 0.496. The number of hydrogen-bond donors (Lipinski definition) is 1. The van der Waals surface area contributed by atoms with E-state index in [2.05, 4.69) is 31.1 Å². The van der Waals surface area contributed by atoms with E-state index in [0.29, 0.717) is 11.5 Å². The first-order valence-corrected chi connectivity index (χ1v) is 5.70. The summed E-state index contributed by atoms with van der Waals surface area (Å²) in [4.78, 5) is 4.24. The van der Waals surface area contributed by atoms with Gasteiger partial charge in [0.05, 0.1) is 12.2 Å². The molecule has 2 rings (SSSR count). The van der Waals surface area contributed by atoms with Crippen LogP contribution in [0.15, 0.2) is 10.6 Å². The third kappa shape index (κ3) is 2.23. The van der Waals surface area contributed by atoms with Gasteiger partial charge in [-0.3, -0.25) is 0 Å². The number of nitrogens with one attached hydrogen (secondary N) is 1. The summed E-state index contributed by atoms with van der Waals surface area (Å²) in [5.74, 6) is 1.67. The zero-order chi connectivity index (χ0) is 11.1. The molecule has 0 aromatic carbocycles. The summed E-state index contributed by atoms with van der Waals surface area (Å²) >= 11 is 0. The van der Waals surface area contributed by atoms with Crippen LogP contribution in [0.25, 0.3) is 0 Å². The Bertz CT molecular complexity index is 341. The first kappa shape index (κ1) is 10.7. The molecule has 1 saturated carbocycles. The van der Waals surface area contributed by atoms with E-state index in [1.807, 2.05) is 6.92 Å². The Hall–Kier alpha value is -0.830. The molecule has 1 aliphatic rings. The number of nitrogens with zero attached hydrogens (tertiary/aromatic N) is 1. The highest BCUT2D eigenvalue weighted by molar-refractivity contribution is 5.00. The van der Waals surface area contributed by atoms with Crippen LogP contribution in [0.1, 0.15) is 51.3 Å². The lowest BCUT2D eigenvalue weighted by molar-refractivity contribution is 0.315. The van der Waals surface area contributed by atoms with Gasteiger partial charge >= 0.3 is 0 Å². The lowest BCUT2D eigenvalue weighted by Gasteiger charge is -2.23. The minimum absolute atomic E-state index is 0.200. The standard InChI is InChI=1S/C12H20N2O/c1-8-7-13-11(15-8)9(2)14-10(3)12(4)5-6-12/h7,9-10,14H,5-6H2,1-4H3. The Morgan fingerprint density at radius 3 is 2.60 bits per heavy atom. The average molecular weight is 208 g/mol. The van der Waals surface area contributed by atoms with Crippen molar-refractivity contribution in [3.63, 3.8) is 0 Å². The van der Waals surface area contributed by atoms with Crippen LogP contribution < -0.4 is 5.32 Å². The number of oxazole rings is 1. The Kier molecular flexibility index (Phi) is 2.59. The lowest BCUT2D eigenvalue weighted by Crippen LogP contribution is -2.35. The van der Waals surface area contributed by atoms with Gasteiger partial charge in [-0.15, -0.1) is 0 Å². The van der Waals surface area contributed by atoms with Crippen molar-refractivity contribution in [3.05, 3.63) is 17.8 Å². The molecule has 0 spiro atoms. The molecule has 3 heteroatoms. The molecule has 3 nitrogen and oxygen atoms in total. The van der Waals surface area contributed by atoms with Crippen molar-refractivity contribution in [1.29, 1.82) is 0 Å². The van der Waals surface area contributed by atoms with Gasteiger partial charge < -0.3 is 9.73 Å². The fourth-order valence-corrected chi connectivity index (χ4v) is 1.85. The van der Waals surface area contributed by atoms with Crippen LogP contribution in [-0.2, 0) is 0 Å². The minimum atomic E-state index is 0.200. The molecule has 2 unspecified atom stereocenters. The topological polar surface area (TPSA) is 38.1 Å². The zero-order valence-electron chi connectivity index (χ0n) is 10.0. The van der Waals surface area contributed by atoms with Crippen molar-refractivity contribution >= 4 is 0 Å². The average Bonchev–Trinajstić information content (AvgIpc) is 2.77. The highest BCUT2D eigenvalue weighted by Crippen LogP contribution is 2.48. The number of hydrogen-bond acceptors (Lipinski definition) is 3. The van der Waals surface area contributed by atoms with Gasteiger partial charge in [0.1, 0.15) is 5.76 Å². The van der Waals surface area contributed by atoms with Gasteiger partial charge in [-0.25, -0.2) is 4.98 Å². The molecule has 1 fully saturated rings. The van der Waals surface area contributed by atoms with E-state index in [1.165, 1.54) is 12.8 Å². The molecular weight excluding hydrogens is 188 g/mol. The summed E-state index contributed by atoms with van der Waals surface area (Å²) < 4.78 is 5.51. The first-order chi connectivity index (χ1) is 7.01. The number of aryl methyl sites for hydroxylation is 1. The fourth-order valence-electron chi connectivity index (χ4n) is 1.85.